The Bertz CT molecular complexity index is 1240. The molecule has 1 heterocycles. The number of ether oxygens (including phenoxy) is 4. The molecule has 1 saturated heterocycles. The molecular weight excluding hydrogens is 580 g/mol. The second kappa shape index (κ2) is 11.3. The van der Waals surface area contributed by atoms with Crippen LogP contribution in [0, 0.1) is 62.1 Å². The van der Waals surface area contributed by atoms with Crippen molar-refractivity contribution in [3.63, 3.8) is 0 Å². The van der Waals surface area contributed by atoms with E-state index in [-0.39, 0.29) is 64.8 Å². The molecule has 7 nitrogen and oxygen atoms in total. The summed E-state index contributed by atoms with van der Waals surface area (Å²) in [6.07, 6.45) is 11.4. The summed E-state index contributed by atoms with van der Waals surface area (Å²) in [5, 5.41) is 9.57. The van der Waals surface area contributed by atoms with Gasteiger partial charge in [-0.3, -0.25) is 9.59 Å². The van der Waals surface area contributed by atoms with E-state index in [0.29, 0.717) is 29.6 Å². The van der Waals surface area contributed by atoms with E-state index in [1.165, 1.54) is 50.5 Å². The Morgan fingerprint density at radius 1 is 0.913 bits per heavy atom. The third-order valence-corrected chi connectivity index (χ3v) is 15.9. The number of hydrogen-bond donors (Lipinski definition) is 1. The molecule has 0 aromatic carbocycles. The summed E-state index contributed by atoms with van der Waals surface area (Å²) < 4.78 is 23.7. The van der Waals surface area contributed by atoms with Crippen LogP contribution in [0.3, 0.4) is 0 Å². The second-order valence-electron chi connectivity index (χ2n) is 18.6. The van der Waals surface area contributed by atoms with Crippen molar-refractivity contribution < 1.29 is 33.6 Å². The lowest BCUT2D eigenvalue weighted by molar-refractivity contribution is -0.251. The van der Waals surface area contributed by atoms with Gasteiger partial charge in [-0.15, -0.1) is 0 Å². The number of rotatable bonds is 9. The van der Waals surface area contributed by atoms with Crippen LogP contribution in [0.5, 0.6) is 0 Å². The lowest BCUT2D eigenvalue weighted by atomic mass is 9.32. The summed E-state index contributed by atoms with van der Waals surface area (Å²) >= 11 is 0. The molecule has 0 spiro atoms. The van der Waals surface area contributed by atoms with Crippen molar-refractivity contribution in [1.82, 2.24) is 0 Å². The Kier molecular flexibility index (Phi) is 8.46. The van der Waals surface area contributed by atoms with Crippen molar-refractivity contribution >= 4 is 11.9 Å². The molecule has 1 aliphatic heterocycles. The first-order chi connectivity index (χ1) is 21.4. The van der Waals surface area contributed by atoms with E-state index in [0.717, 1.165) is 19.3 Å². The number of esters is 1. The van der Waals surface area contributed by atoms with Crippen molar-refractivity contribution in [2.45, 2.75) is 145 Å². The normalized spacial score (nSPS) is 47.5. The summed E-state index contributed by atoms with van der Waals surface area (Å²) in [7, 11) is 1.68. The topological polar surface area (TPSA) is 94.6 Å². The third-order valence-electron chi connectivity index (χ3n) is 15.9. The summed E-state index contributed by atoms with van der Waals surface area (Å²) in [6, 6.07) is 0. The van der Waals surface area contributed by atoms with Gasteiger partial charge in [-0.05, 0) is 131 Å². The molecule has 12 atom stereocenters. The van der Waals surface area contributed by atoms with Crippen LogP contribution in [0.25, 0.3) is 0 Å². The fourth-order valence-corrected chi connectivity index (χ4v) is 13.3. The van der Waals surface area contributed by atoms with Gasteiger partial charge in [-0.25, -0.2) is 0 Å². The second-order valence-corrected chi connectivity index (χ2v) is 18.6. The van der Waals surface area contributed by atoms with Crippen LogP contribution in [0.2, 0.25) is 0 Å². The zero-order valence-corrected chi connectivity index (χ0v) is 30.2. The van der Waals surface area contributed by atoms with Crippen molar-refractivity contribution in [2.24, 2.45) is 62.1 Å². The van der Waals surface area contributed by atoms with E-state index in [2.05, 4.69) is 48.1 Å². The third kappa shape index (κ3) is 4.89. The van der Waals surface area contributed by atoms with E-state index in [9.17, 15) is 14.7 Å². The number of allylic oxidation sites excluding steroid dienone is 1. The number of methoxy groups -OCH3 is 1. The number of carboxylic acid groups (broad SMARTS) is 1. The zero-order valence-electron chi connectivity index (χ0n) is 30.2. The van der Waals surface area contributed by atoms with Crippen molar-refractivity contribution in [1.29, 1.82) is 0 Å². The largest absolute Gasteiger partial charge is 0.481 e. The summed E-state index contributed by atoms with van der Waals surface area (Å²) in [6.45, 7) is 22.8. The highest BCUT2D eigenvalue weighted by molar-refractivity contribution is 5.81. The molecule has 5 saturated carbocycles. The van der Waals surface area contributed by atoms with Gasteiger partial charge in [0.15, 0.2) is 6.29 Å². The van der Waals surface area contributed by atoms with Crippen LogP contribution in [0.1, 0.15) is 126 Å². The van der Waals surface area contributed by atoms with E-state index >= 15 is 0 Å². The van der Waals surface area contributed by atoms with Gasteiger partial charge in [0.05, 0.1) is 11.8 Å². The number of carboxylic acids is 1. The Hall–Kier alpha value is -1.44. The van der Waals surface area contributed by atoms with Gasteiger partial charge in [0, 0.05) is 17.9 Å². The van der Waals surface area contributed by atoms with E-state index in [1.54, 1.807) is 21.0 Å². The van der Waals surface area contributed by atoms with Gasteiger partial charge < -0.3 is 24.1 Å². The predicted octanol–water partition coefficient (Wildman–Crippen LogP) is 8.40. The minimum absolute atomic E-state index is 0.101. The average Bonchev–Trinajstić information content (AvgIpc) is 3.64. The number of aliphatic carboxylic acids is 1. The zero-order chi connectivity index (χ0) is 33.7. The molecule has 5 aliphatic carbocycles. The van der Waals surface area contributed by atoms with Crippen LogP contribution >= 0.6 is 0 Å². The summed E-state index contributed by atoms with van der Waals surface area (Å²) in [5.74, 6) is 1.48. The van der Waals surface area contributed by atoms with Crippen LogP contribution in [-0.4, -0.2) is 49.4 Å². The molecule has 0 bridgehead atoms. The minimum atomic E-state index is -1.13. The van der Waals surface area contributed by atoms with Crippen LogP contribution < -0.4 is 0 Å². The molecule has 0 aromatic rings. The Labute approximate surface area is 277 Å². The van der Waals surface area contributed by atoms with Gasteiger partial charge in [0.1, 0.15) is 19.0 Å². The van der Waals surface area contributed by atoms with E-state index in [1.807, 2.05) is 0 Å². The Morgan fingerprint density at radius 3 is 2.28 bits per heavy atom. The minimum Gasteiger partial charge on any atom is -0.481 e. The molecule has 0 amide bonds. The molecule has 6 rings (SSSR count). The highest BCUT2D eigenvalue weighted by Gasteiger charge is 2.74. The number of carbonyl (C=O) groups excluding carboxylic acids is 1. The molecule has 6 aliphatic rings. The number of hydrogen-bond acceptors (Lipinski definition) is 6. The fourth-order valence-electron chi connectivity index (χ4n) is 13.3. The molecule has 6 fully saturated rings. The maximum atomic E-state index is 13.0. The molecule has 12 unspecified atom stereocenters. The molecule has 0 radical (unpaired) electrons. The number of fused-ring (bicyclic) bond motifs is 7. The summed E-state index contributed by atoms with van der Waals surface area (Å²) in [4.78, 5) is 24.7. The molecule has 0 aromatic heterocycles. The molecule has 46 heavy (non-hydrogen) atoms. The first-order valence-electron chi connectivity index (χ1n) is 18.2. The maximum Gasteiger partial charge on any atom is 0.309 e. The predicted molar refractivity (Wildman–Crippen MR) is 177 cm³/mol. The molecular formula is C39H62O7. The maximum absolute atomic E-state index is 13.0. The van der Waals surface area contributed by atoms with Crippen molar-refractivity contribution in [3.05, 3.63) is 12.2 Å². The van der Waals surface area contributed by atoms with E-state index in [4.69, 9.17) is 18.9 Å². The van der Waals surface area contributed by atoms with Crippen LogP contribution in [-0.2, 0) is 28.5 Å². The lowest BCUT2D eigenvalue weighted by Gasteiger charge is -2.73. The monoisotopic (exact) mass is 642 g/mol. The van der Waals surface area contributed by atoms with Gasteiger partial charge in [0.25, 0.3) is 0 Å². The molecule has 260 valence electrons. The van der Waals surface area contributed by atoms with Crippen molar-refractivity contribution in [2.75, 3.05) is 13.9 Å². The highest BCUT2D eigenvalue weighted by atomic mass is 16.8. The Balaban J connectivity index is 1.25. The van der Waals surface area contributed by atoms with E-state index < -0.39 is 11.4 Å². The molecule has 7 heteroatoms. The first-order valence-corrected chi connectivity index (χ1v) is 18.2. The van der Waals surface area contributed by atoms with Crippen LogP contribution in [0.15, 0.2) is 12.2 Å². The van der Waals surface area contributed by atoms with Gasteiger partial charge in [0.2, 0.25) is 0 Å². The van der Waals surface area contributed by atoms with Gasteiger partial charge >= 0.3 is 11.9 Å². The number of epoxide rings is 1. The molecule has 1 N–H and O–H groups in total. The standard InChI is InChI=1S/C39H62O7/c1-23(2)24-13-18-39(31-32(46-31)44-22-43-10)20-19-37(8)25(30(24)39)11-12-27-36(7)16-15-28(45-29(40)21-34(3,4)33(41)42)35(5,6)26(36)14-17-38(27,37)9/h24-28,30-32H,1,11-22H2,2-10H3,(H,41,42). The SMILES string of the molecule is C=C(C)C1CCC2(C3OC3OCOC)CCC3(C)C(CCC4C5(C)CCC(OC(=O)CC(C)(C)C(=O)O)C(C)(C)C5CCC43C)C12. The van der Waals surface area contributed by atoms with Gasteiger partial charge in [-0.2, -0.15) is 0 Å². The quantitative estimate of drug-likeness (QED) is 0.117. The average molecular weight is 643 g/mol. The fraction of sp³-hybridized carbons (Fsp3) is 0.897. The lowest BCUT2D eigenvalue weighted by Crippen LogP contribution is -2.67. The smallest absolute Gasteiger partial charge is 0.309 e. The number of carbonyl (C=O) groups is 2. The first kappa shape index (κ1) is 34.4. The van der Waals surface area contributed by atoms with Crippen molar-refractivity contribution in [3.8, 4) is 0 Å². The highest BCUT2D eigenvalue weighted by Crippen LogP contribution is 2.78. The van der Waals surface area contributed by atoms with Crippen LogP contribution in [0.4, 0.5) is 0 Å². The Morgan fingerprint density at radius 2 is 1.63 bits per heavy atom. The summed E-state index contributed by atoms with van der Waals surface area (Å²) in [5.41, 5.74) is 0.846. The van der Waals surface area contributed by atoms with Gasteiger partial charge in [-0.1, -0.05) is 46.8 Å².